The molecule has 1 saturated carbocycles. The highest BCUT2D eigenvalue weighted by Gasteiger charge is 2.62. The number of hydrogen-bond acceptors (Lipinski definition) is 2. The molecule has 0 amide bonds. The van der Waals surface area contributed by atoms with Gasteiger partial charge in [0.15, 0.2) is 5.83 Å². The first kappa shape index (κ1) is 23.2. The third kappa shape index (κ3) is 4.59. The van der Waals surface area contributed by atoms with Crippen LogP contribution in [0.25, 0.3) is 11.1 Å². The first-order valence-electron chi connectivity index (χ1n) is 9.18. The summed E-state index contributed by atoms with van der Waals surface area (Å²) in [6.07, 6.45) is 0.547. The van der Waals surface area contributed by atoms with Crippen molar-refractivity contribution in [3.05, 3.63) is 71.3 Å². The molecule has 1 fully saturated rings. The number of carbonyl (C=O) groups excluding carboxylic acids is 1. The summed E-state index contributed by atoms with van der Waals surface area (Å²) < 4.78 is 87.3. The van der Waals surface area contributed by atoms with Crippen LogP contribution < -0.4 is 0 Å². The van der Waals surface area contributed by atoms with Crippen molar-refractivity contribution >= 4 is 17.6 Å². The topological polar surface area (TPSA) is 26.3 Å². The van der Waals surface area contributed by atoms with Crippen LogP contribution in [0.5, 0.6) is 0 Å². The quantitative estimate of drug-likeness (QED) is 0.269. The Balaban J connectivity index is 1.80. The van der Waals surface area contributed by atoms with Crippen LogP contribution in [0, 0.1) is 34.7 Å². The molecule has 2 unspecified atom stereocenters. The minimum Gasteiger partial charge on any atom is -0.460 e. The number of esters is 1. The zero-order valence-corrected chi connectivity index (χ0v) is 17.1. The second kappa shape index (κ2) is 8.22. The van der Waals surface area contributed by atoms with E-state index in [1.807, 2.05) is 0 Å². The molecule has 2 aromatic carbocycles. The van der Waals surface area contributed by atoms with Gasteiger partial charge in [0.25, 0.3) is 0 Å². The molecule has 0 aliphatic heterocycles. The van der Waals surface area contributed by atoms with Gasteiger partial charge in [-0.25, -0.2) is 17.6 Å². The van der Waals surface area contributed by atoms with Gasteiger partial charge in [0.2, 0.25) is 0 Å². The van der Waals surface area contributed by atoms with E-state index in [1.165, 1.54) is 26.0 Å². The zero-order chi connectivity index (χ0) is 23.1. The predicted octanol–water partition coefficient (Wildman–Crippen LogP) is 6.77. The van der Waals surface area contributed by atoms with Crippen molar-refractivity contribution in [2.24, 2.45) is 17.3 Å². The molecule has 1 aliphatic rings. The van der Waals surface area contributed by atoms with Gasteiger partial charge in [-0.15, -0.1) is 0 Å². The molecule has 0 heterocycles. The van der Waals surface area contributed by atoms with Gasteiger partial charge in [-0.2, -0.15) is 8.78 Å². The molecule has 166 valence electrons. The lowest BCUT2D eigenvalue weighted by Gasteiger charge is -2.12. The highest BCUT2D eigenvalue weighted by Crippen LogP contribution is 2.60. The van der Waals surface area contributed by atoms with Crippen molar-refractivity contribution < 1.29 is 35.9 Å². The van der Waals surface area contributed by atoms with Gasteiger partial charge in [-0.3, -0.25) is 4.79 Å². The van der Waals surface area contributed by atoms with Crippen LogP contribution in [0.3, 0.4) is 0 Å². The first-order valence-corrected chi connectivity index (χ1v) is 9.56. The summed E-state index contributed by atoms with van der Waals surface area (Å²) >= 11 is 4.62. The molecular formula is C22H17ClF6O2. The molecule has 0 radical (unpaired) electrons. The Morgan fingerprint density at radius 2 is 1.77 bits per heavy atom. The normalized spacial score (nSPS) is 20.5. The van der Waals surface area contributed by atoms with Gasteiger partial charge < -0.3 is 4.74 Å². The monoisotopic (exact) mass is 462 g/mol. The molecule has 0 aromatic heterocycles. The summed E-state index contributed by atoms with van der Waals surface area (Å²) in [4.78, 5) is 12.4. The van der Waals surface area contributed by atoms with E-state index in [-0.39, 0.29) is 5.56 Å². The van der Waals surface area contributed by atoms with Crippen molar-refractivity contribution in [1.29, 1.82) is 0 Å². The Morgan fingerprint density at radius 3 is 2.35 bits per heavy atom. The van der Waals surface area contributed by atoms with Gasteiger partial charge >= 0.3 is 11.4 Å². The molecule has 1 aliphatic carbocycles. The van der Waals surface area contributed by atoms with E-state index in [2.05, 4.69) is 11.6 Å². The van der Waals surface area contributed by atoms with Gasteiger partial charge in [0.1, 0.15) is 24.1 Å². The summed E-state index contributed by atoms with van der Waals surface area (Å²) in [6, 6.07) is 8.07. The van der Waals surface area contributed by atoms with Crippen LogP contribution in [0.2, 0.25) is 0 Å². The van der Waals surface area contributed by atoms with E-state index in [4.69, 9.17) is 4.74 Å². The lowest BCUT2D eigenvalue weighted by Crippen LogP contribution is -2.13. The minimum atomic E-state index is -4.21. The van der Waals surface area contributed by atoms with Crippen LogP contribution in [0.1, 0.15) is 19.4 Å². The van der Waals surface area contributed by atoms with Crippen molar-refractivity contribution in [2.45, 2.75) is 25.8 Å². The summed E-state index contributed by atoms with van der Waals surface area (Å²) in [5.41, 5.74) is -1.91. The third-order valence-electron chi connectivity index (χ3n) is 5.45. The lowest BCUT2D eigenvalue weighted by molar-refractivity contribution is -0.147. The Bertz CT molecular complexity index is 1030. The highest BCUT2D eigenvalue weighted by atomic mass is 35.5. The maximum Gasteiger partial charge on any atom is 0.373 e. The number of benzene rings is 2. The molecule has 0 saturated heterocycles. The number of halogens is 7. The van der Waals surface area contributed by atoms with Crippen molar-refractivity contribution in [2.75, 3.05) is 0 Å². The van der Waals surface area contributed by atoms with E-state index in [1.54, 1.807) is 18.2 Å². The van der Waals surface area contributed by atoms with E-state index >= 15 is 0 Å². The maximum atomic E-state index is 14.9. The van der Waals surface area contributed by atoms with Gasteiger partial charge in [0, 0.05) is 6.07 Å². The SMILES string of the molecule is CC1(C)C(/C=C(\F)C(F)(F)Cl)C1C(=O)OCc1c(F)cc(F)c(-c2ccccc2)c1F. The Hall–Kier alpha value is -2.48. The van der Waals surface area contributed by atoms with E-state index in [0.29, 0.717) is 12.1 Å². The number of rotatable bonds is 6. The maximum absolute atomic E-state index is 14.9. The molecule has 31 heavy (non-hydrogen) atoms. The predicted molar refractivity (Wildman–Crippen MR) is 102 cm³/mol. The molecule has 2 atom stereocenters. The van der Waals surface area contributed by atoms with Crippen LogP contribution in [-0.2, 0) is 16.1 Å². The van der Waals surface area contributed by atoms with Crippen LogP contribution >= 0.6 is 11.6 Å². The van der Waals surface area contributed by atoms with Crippen LogP contribution in [0.4, 0.5) is 26.3 Å². The third-order valence-corrected chi connectivity index (χ3v) is 5.63. The zero-order valence-electron chi connectivity index (χ0n) is 16.4. The van der Waals surface area contributed by atoms with Crippen molar-refractivity contribution in [3.8, 4) is 11.1 Å². The van der Waals surface area contributed by atoms with Crippen molar-refractivity contribution in [3.63, 3.8) is 0 Å². The smallest absolute Gasteiger partial charge is 0.373 e. The summed E-state index contributed by atoms with van der Waals surface area (Å²) in [5.74, 6) is -8.41. The molecule has 2 nitrogen and oxygen atoms in total. The summed E-state index contributed by atoms with van der Waals surface area (Å²) in [5, 5.41) is -4.21. The number of carbonyl (C=O) groups is 1. The molecule has 3 rings (SSSR count). The average Bonchev–Trinajstić information content (AvgIpc) is 3.21. The van der Waals surface area contributed by atoms with Gasteiger partial charge in [-0.05, 0) is 34.6 Å². The lowest BCUT2D eigenvalue weighted by atomic mass is 10.0. The summed E-state index contributed by atoms with van der Waals surface area (Å²) in [6.45, 7) is 2.19. The molecule has 9 heteroatoms. The Labute approximate surface area is 179 Å². The molecule has 2 aromatic rings. The van der Waals surface area contributed by atoms with E-state index < -0.39 is 69.6 Å². The Morgan fingerprint density at radius 1 is 1.16 bits per heavy atom. The number of allylic oxidation sites excluding steroid dienone is 2. The molecule has 0 N–H and O–H groups in total. The molecule has 0 bridgehead atoms. The average molecular weight is 463 g/mol. The number of alkyl halides is 3. The minimum absolute atomic E-state index is 0.163. The number of hydrogen-bond donors (Lipinski definition) is 0. The fraction of sp³-hybridized carbons (Fsp3) is 0.318. The standard InChI is InChI=1S/C22H17ClF6O2/c1-21(2)13(8-16(26)22(23,28)29)18(21)20(30)31-10-12-14(24)9-15(25)17(19(12)27)11-6-4-3-5-7-11/h3-9,13,18H,10H2,1-2H3/b16-8-. The second-order valence-electron chi connectivity index (χ2n) is 7.82. The fourth-order valence-electron chi connectivity index (χ4n) is 3.56. The Kier molecular flexibility index (Phi) is 6.15. The van der Waals surface area contributed by atoms with Crippen LogP contribution in [0.15, 0.2) is 48.3 Å². The largest absolute Gasteiger partial charge is 0.460 e. The first-order chi connectivity index (χ1) is 14.4. The van der Waals surface area contributed by atoms with E-state index in [9.17, 15) is 31.1 Å². The fourth-order valence-corrected chi connectivity index (χ4v) is 3.62. The molecule has 0 spiro atoms. The van der Waals surface area contributed by atoms with Gasteiger partial charge in [0.05, 0.1) is 17.0 Å². The second-order valence-corrected chi connectivity index (χ2v) is 8.29. The van der Waals surface area contributed by atoms with E-state index in [0.717, 1.165) is 0 Å². The van der Waals surface area contributed by atoms with Crippen molar-refractivity contribution in [1.82, 2.24) is 0 Å². The summed E-state index contributed by atoms with van der Waals surface area (Å²) in [7, 11) is 0. The van der Waals surface area contributed by atoms with Gasteiger partial charge in [-0.1, -0.05) is 44.2 Å². The van der Waals surface area contributed by atoms with Crippen LogP contribution in [-0.4, -0.2) is 11.4 Å². The molecular weight excluding hydrogens is 446 g/mol. The highest BCUT2D eigenvalue weighted by molar-refractivity contribution is 6.23. The number of ether oxygens (including phenoxy) is 1.